The van der Waals surface area contributed by atoms with Gasteiger partial charge in [-0.05, 0) is 19.1 Å². The molecule has 1 aromatic carbocycles. The molecule has 2 N–H and O–H groups in total. The number of benzene rings is 1. The summed E-state index contributed by atoms with van der Waals surface area (Å²) in [5.41, 5.74) is 5.05. The van der Waals surface area contributed by atoms with Crippen LogP contribution in [0.5, 0.6) is 0 Å². The van der Waals surface area contributed by atoms with E-state index >= 15 is 0 Å². The van der Waals surface area contributed by atoms with Crippen LogP contribution in [0.4, 0.5) is 18.9 Å². The van der Waals surface area contributed by atoms with Gasteiger partial charge < -0.3 is 10.3 Å². The summed E-state index contributed by atoms with van der Waals surface area (Å²) in [6.07, 6.45) is 1.17. The monoisotopic (exact) mass is 254 g/mol. The summed E-state index contributed by atoms with van der Waals surface area (Å²) in [6, 6.07) is 3.07. The lowest BCUT2D eigenvalue weighted by molar-refractivity contribution is 0.444. The highest BCUT2D eigenvalue weighted by atomic mass is 19.2. The minimum absolute atomic E-state index is 0.107. The van der Waals surface area contributed by atoms with Crippen LogP contribution in [0.15, 0.2) is 29.2 Å². The van der Waals surface area contributed by atoms with E-state index in [2.05, 4.69) is 0 Å². The van der Waals surface area contributed by atoms with Gasteiger partial charge in [-0.2, -0.15) is 0 Å². The first kappa shape index (κ1) is 12.2. The summed E-state index contributed by atoms with van der Waals surface area (Å²) in [5.74, 6) is -4.17. The molecule has 0 fully saturated rings. The summed E-state index contributed by atoms with van der Waals surface area (Å²) in [4.78, 5) is 11.3. The van der Waals surface area contributed by atoms with Gasteiger partial charge in [0.15, 0.2) is 17.5 Å². The zero-order valence-corrected chi connectivity index (χ0v) is 9.38. The van der Waals surface area contributed by atoms with E-state index in [1.54, 1.807) is 0 Å². The molecule has 1 aromatic heterocycles. The molecular formula is C12H9F3N2O. The van der Waals surface area contributed by atoms with Crippen molar-refractivity contribution in [3.05, 3.63) is 57.8 Å². The van der Waals surface area contributed by atoms with E-state index < -0.39 is 22.9 Å². The lowest BCUT2D eigenvalue weighted by atomic mass is 10.2. The number of nitrogens with zero attached hydrogens (tertiary/aromatic N) is 1. The molecule has 1 heterocycles. The number of hydrogen-bond acceptors (Lipinski definition) is 2. The number of anilines is 1. The SMILES string of the molecule is Cc1cc(=O)c(N)cn1-c1ccc(F)c(F)c1F. The Morgan fingerprint density at radius 2 is 1.83 bits per heavy atom. The molecule has 0 bridgehead atoms. The first-order valence-electron chi connectivity index (χ1n) is 5.04. The fourth-order valence-electron chi connectivity index (χ4n) is 1.61. The lowest BCUT2D eigenvalue weighted by Gasteiger charge is -2.12. The largest absolute Gasteiger partial charge is 0.394 e. The van der Waals surface area contributed by atoms with Crippen molar-refractivity contribution in [1.29, 1.82) is 0 Å². The third-order valence-corrected chi connectivity index (χ3v) is 2.55. The third kappa shape index (κ3) is 1.85. The van der Waals surface area contributed by atoms with Crippen molar-refractivity contribution in [1.82, 2.24) is 4.57 Å². The molecule has 0 saturated heterocycles. The molecule has 0 unspecified atom stereocenters. The van der Waals surface area contributed by atoms with Crippen LogP contribution in [-0.2, 0) is 0 Å². The Morgan fingerprint density at radius 1 is 1.17 bits per heavy atom. The summed E-state index contributed by atoms with van der Waals surface area (Å²) in [7, 11) is 0. The van der Waals surface area contributed by atoms with Crippen LogP contribution in [-0.4, -0.2) is 4.57 Å². The normalized spacial score (nSPS) is 10.7. The highest BCUT2D eigenvalue weighted by molar-refractivity contribution is 5.43. The maximum absolute atomic E-state index is 13.6. The van der Waals surface area contributed by atoms with Crippen LogP contribution in [0.25, 0.3) is 5.69 Å². The molecule has 0 aliphatic heterocycles. The van der Waals surface area contributed by atoms with Crippen molar-refractivity contribution < 1.29 is 13.2 Å². The van der Waals surface area contributed by atoms with E-state index in [0.717, 1.165) is 12.1 Å². The summed E-state index contributed by atoms with van der Waals surface area (Å²) >= 11 is 0. The fraction of sp³-hybridized carbons (Fsp3) is 0.0833. The van der Waals surface area contributed by atoms with Crippen LogP contribution in [0.3, 0.4) is 0 Å². The molecule has 2 rings (SSSR count). The summed E-state index contributed by atoms with van der Waals surface area (Å²) < 4.78 is 40.7. The molecule has 6 heteroatoms. The number of pyridine rings is 1. The van der Waals surface area contributed by atoms with Gasteiger partial charge in [-0.25, -0.2) is 13.2 Å². The predicted molar refractivity (Wildman–Crippen MR) is 61.1 cm³/mol. The maximum atomic E-state index is 13.6. The first-order chi connectivity index (χ1) is 8.41. The lowest BCUT2D eigenvalue weighted by Crippen LogP contribution is -2.14. The van der Waals surface area contributed by atoms with Crippen LogP contribution in [0.1, 0.15) is 5.69 Å². The quantitative estimate of drug-likeness (QED) is 0.792. The second kappa shape index (κ2) is 4.21. The summed E-state index contributed by atoms with van der Waals surface area (Å²) in [5, 5.41) is 0. The number of halogens is 3. The third-order valence-electron chi connectivity index (χ3n) is 2.55. The van der Waals surface area contributed by atoms with Crippen molar-refractivity contribution in [2.45, 2.75) is 6.92 Å². The van der Waals surface area contributed by atoms with Crippen molar-refractivity contribution in [3.63, 3.8) is 0 Å². The molecular weight excluding hydrogens is 245 g/mol. The minimum atomic E-state index is -1.57. The van der Waals surface area contributed by atoms with Gasteiger partial charge in [0, 0.05) is 18.0 Å². The molecule has 0 saturated carbocycles. The second-order valence-corrected chi connectivity index (χ2v) is 3.80. The fourth-order valence-corrected chi connectivity index (χ4v) is 1.61. The zero-order chi connectivity index (χ0) is 13.4. The van der Waals surface area contributed by atoms with Gasteiger partial charge in [0.1, 0.15) is 0 Å². The molecule has 0 radical (unpaired) electrons. The van der Waals surface area contributed by atoms with E-state index in [-0.39, 0.29) is 11.4 Å². The molecule has 0 atom stereocenters. The van der Waals surface area contributed by atoms with E-state index in [4.69, 9.17) is 5.73 Å². The Hall–Kier alpha value is -2.24. The van der Waals surface area contributed by atoms with Crippen molar-refractivity contribution >= 4 is 5.69 Å². The first-order valence-corrected chi connectivity index (χ1v) is 5.04. The van der Waals surface area contributed by atoms with E-state index in [1.165, 1.54) is 23.8 Å². The topological polar surface area (TPSA) is 48.0 Å². The predicted octanol–water partition coefficient (Wildman–Crippen LogP) is 2.15. The number of aryl methyl sites for hydroxylation is 1. The Morgan fingerprint density at radius 3 is 2.50 bits per heavy atom. The molecule has 3 nitrogen and oxygen atoms in total. The van der Waals surface area contributed by atoms with Crippen LogP contribution in [0.2, 0.25) is 0 Å². The Labute approximate surface area is 100 Å². The molecule has 0 aliphatic carbocycles. The van der Waals surface area contributed by atoms with Crippen LogP contribution in [0, 0.1) is 24.4 Å². The molecule has 0 spiro atoms. The average molecular weight is 254 g/mol. The van der Waals surface area contributed by atoms with E-state index in [9.17, 15) is 18.0 Å². The maximum Gasteiger partial charge on any atom is 0.204 e. The highest BCUT2D eigenvalue weighted by Gasteiger charge is 2.15. The van der Waals surface area contributed by atoms with Gasteiger partial charge >= 0.3 is 0 Å². The van der Waals surface area contributed by atoms with Gasteiger partial charge in [0.05, 0.1) is 11.4 Å². The second-order valence-electron chi connectivity index (χ2n) is 3.80. The highest BCUT2D eigenvalue weighted by Crippen LogP contribution is 2.20. The number of nitrogens with two attached hydrogens (primary N) is 1. The van der Waals surface area contributed by atoms with Crippen molar-refractivity contribution in [3.8, 4) is 5.69 Å². The number of aromatic nitrogens is 1. The zero-order valence-electron chi connectivity index (χ0n) is 9.38. The minimum Gasteiger partial charge on any atom is -0.394 e. The Kier molecular flexibility index (Phi) is 2.86. The van der Waals surface area contributed by atoms with E-state index in [1.807, 2.05) is 0 Å². The molecule has 94 valence electrons. The van der Waals surface area contributed by atoms with Crippen LogP contribution < -0.4 is 11.2 Å². The Bertz CT molecular complexity index is 680. The average Bonchev–Trinajstić information content (AvgIpc) is 2.32. The summed E-state index contributed by atoms with van der Waals surface area (Å²) in [6.45, 7) is 1.53. The van der Waals surface area contributed by atoms with E-state index in [0.29, 0.717) is 5.69 Å². The Balaban J connectivity index is 2.74. The smallest absolute Gasteiger partial charge is 0.204 e. The van der Waals surface area contributed by atoms with Crippen molar-refractivity contribution in [2.24, 2.45) is 0 Å². The number of hydrogen-bond donors (Lipinski definition) is 1. The standard InChI is InChI=1S/C12H9F3N2O/c1-6-4-10(18)8(16)5-17(6)9-3-2-7(13)11(14)12(9)15/h2-5H,16H2,1H3. The molecule has 18 heavy (non-hydrogen) atoms. The van der Waals surface area contributed by atoms with Crippen LogP contribution >= 0.6 is 0 Å². The number of rotatable bonds is 1. The van der Waals surface area contributed by atoms with Crippen molar-refractivity contribution in [2.75, 3.05) is 5.73 Å². The number of nitrogen functional groups attached to an aromatic ring is 1. The van der Waals surface area contributed by atoms with Gasteiger partial charge in [-0.3, -0.25) is 4.79 Å². The molecule has 0 amide bonds. The van der Waals surface area contributed by atoms with Gasteiger partial charge in [-0.15, -0.1) is 0 Å². The molecule has 2 aromatic rings. The van der Waals surface area contributed by atoms with Gasteiger partial charge in [0.25, 0.3) is 0 Å². The van der Waals surface area contributed by atoms with Gasteiger partial charge in [-0.1, -0.05) is 0 Å². The molecule has 0 aliphatic rings. The van der Waals surface area contributed by atoms with Gasteiger partial charge in [0.2, 0.25) is 5.43 Å².